The maximum absolute atomic E-state index is 14.4. The van der Waals surface area contributed by atoms with Gasteiger partial charge >= 0.3 is 0 Å². The molecular weight excluding hydrogens is 479 g/mol. The van der Waals surface area contributed by atoms with Gasteiger partial charge in [-0.1, -0.05) is 107 Å². The summed E-state index contributed by atoms with van der Waals surface area (Å²) in [5.74, 6) is 0.635. The summed E-state index contributed by atoms with van der Waals surface area (Å²) in [5.41, 5.74) is 4.17. The van der Waals surface area contributed by atoms with Crippen molar-refractivity contribution in [2.75, 3.05) is 6.61 Å². The molecule has 0 fully saturated rings. The third-order valence-electron chi connectivity index (χ3n) is 6.78. The Morgan fingerprint density at radius 2 is 0.838 bits per heavy atom. The highest BCUT2D eigenvalue weighted by Crippen LogP contribution is 2.55. The minimum absolute atomic E-state index is 0.268. The summed E-state index contributed by atoms with van der Waals surface area (Å²) >= 11 is 0. The van der Waals surface area contributed by atoms with Crippen LogP contribution in [0, 0.1) is 0 Å². The largest absolute Gasteiger partial charge is 0.507 e. The first-order valence-electron chi connectivity index (χ1n) is 13.5. The lowest BCUT2D eigenvalue weighted by molar-refractivity contribution is 0.331. The fourth-order valence-electron chi connectivity index (χ4n) is 4.80. The van der Waals surface area contributed by atoms with Crippen LogP contribution in [0.15, 0.2) is 24.3 Å². The second kappa shape index (κ2) is 10.4. The van der Waals surface area contributed by atoms with Crippen molar-refractivity contribution in [3.05, 3.63) is 57.6 Å². The van der Waals surface area contributed by atoms with Crippen LogP contribution in [0.1, 0.15) is 123 Å². The number of rotatable bonds is 6. The maximum atomic E-state index is 14.4. The van der Waals surface area contributed by atoms with Gasteiger partial charge in [0.25, 0.3) is 0 Å². The summed E-state index contributed by atoms with van der Waals surface area (Å²) in [6.45, 7) is 27.2. The van der Waals surface area contributed by atoms with Crippen molar-refractivity contribution in [2.24, 2.45) is 0 Å². The molecule has 2 aromatic rings. The van der Waals surface area contributed by atoms with Crippen LogP contribution in [0.3, 0.4) is 0 Å². The van der Waals surface area contributed by atoms with E-state index >= 15 is 0 Å². The van der Waals surface area contributed by atoms with Gasteiger partial charge in [-0.15, -0.1) is 0 Å². The maximum Gasteiger partial charge on any atom is 0.211 e. The summed E-state index contributed by atoms with van der Waals surface area (Å²) in [6.07, 6.45) is 0.563. The Morgan fingerprint density at radius 3 is 1.03 bits per heavy atom. The molecule has 0 aromatic heterocycles. The molecule has 0 saturated carbocycles. The van der Waals surface area contributed by atoms with E-state index in [4.69, 9.17) is 4.52 Å². The van der Waals surface area contributed by atoms with Crippen molar-refractivity contribution in [1.82, 2.24) is 0 Å². The molecule has 5 heteroatoms. The molecule has 2 N–H and O–H groups in total. The molecule has 0 heterocycles. The highest BCUT2D eigenvalue weighted by Gasteiger charge is 2.32. The molecule has 2 rings (SSSR count). The fourth-order valence-corrected chi connectivity index (χ4v) is 7.04. The van der Waals surface area contributed by atoms with Gasteiger partial charge in [0, 0.05) is 0 Å². The third-order valence-corrected chi connectivity index (χ3v) is 9.21. The number of phenolic OH excluding ortho intramolecular Hbond substituents is 2. The lowest BCUT2D eigenvalue weighted by atomic mass is 9.78. The Kier molecular flexibility index (Phi) is 8.86. The van der Waals surface area contributed by atoms with E-state index in [-0.39, 0.29) is 34.0 Å². The van der Waals surface area contributed by atoms with E-state index in [0.29, 0.717) is 18.1 Å². The second-order valence-corrected chi connectivity index (χ2v) is 17.1. The van der Waals surface area contributed by atoms with Gasteiger partial charge in [0.05, 0.1) is 18.9 Å². The van der Waals surface area contributed by atoms with E-state index in [2.05, 4.69) is 83.1 Å². The molecule has 0 atom stereocenters. The minimum Gasteiger partial charge on any atom is -0.507 e. The zero-order valence-corrected chi connectivity index (χ0v) is 26.5. The number of aromatic hydroxyl groups is 2. The average molecular weight is 531 g/mol. The van der Waals surface area contributed by atoms with Crippen LogP contribution in [-0.4, -0.2) is 16.8 Å². The summed E-state index contributed by atoms with van der Waals surface area (Å²) < 4.78 is 20.4. The number of hydrogen-bond donors (Lipinski definition) is 2. The predicted octanol–water partition coefficient (Wildman–Crippen LogP) is 9.30. The van der Waals surface area contributed by atoms with Crippen LogP contribution in [0.5, 0.6) is 11.5 Å². The van der Waals surface area contributed by atoms with Crippen LogP contribution in [0.2, 0.25) is 0 Å². The zero-order chi connectivity index (χ0) is 28.8. The molecule has 4 nitrogen and oxygen atoms in total. The first-order chi connectivity index (χ1) is 16.5. The quantitative estimate of drug-likeness (QED) is 0.365. The van der Waals surface area contributed by atoms with Gasteiger partial charge in [-0.25, -0.2) is 0 Å². The van der Waals surface area contributed by atoms with Crippen LogP contribution < -0.4 is 0 Å². The topological polar surface area (TPSA) is 66.8 Å². The normalized spacial score (nSPS) is 13.8. The van der Waals surface area contributed by atoms with E-state index in [1.165, 1.54) is 0 Å². The Bertz CT molecular complexity index is 1010. The van der Waals surface area contributed by atoms with E-state index in [9.17, 15) is 14.8 Å². The van der Waals surface area contributed by atoms with Crippen molar-refractivity contribution in [3.63, 3.8) is 0 Å². The Balaban J connectivity index is 2.68. The SMILES string of the molecule is CCOP(=O)(Cc1cc(C(C)(C)C)c(O)c(C(C)(C)C)c1)Cc1cc(C(C)(C)C)c(O)c(C(C)(C)C)c1. The summed E-state index contributed by atoms with van der Waals surface area (Å²) in [6, 6.07) is 7.98. The van der Waals surface area contributed by atoms with E-state index < -0.39 is 7.37 Å². The van der Waals surface area contributed by atoms with Gasteiger partial charge in [-0.3, -0.25) is 4.57 Å². The van der Waals surface area contributed by atoms with Gasteiger partial charge in [0.1, 0.15) is 11.5 Å². The molecule has 0 bridgehead atoms. The third kappa shape index (κ3) is 7.64. The molecule has 0 amide bonds. The Morgan fingerprint density at radius 1 is 0.595 bits per heavy atom. The molecule has 208 valence electrons. The molecule has 0 spiro atoms. The van der Waals surface area contributed by atoms with E-state index in [1.807, 2.05) is 31.2 Å². The summed E-state index contributed by atoms with van der Waals surface area (Å²) in [5, 5.41) is 22.3. The minimum atomic E-state index is -3.15. The molecule has 0 unspecified atom stereocenters. The van der Waals surface area contributed by atoms with Gasteiger partial charge in [0.15, 0.2) is 0 Å². The first kappa shape index (κ1) is 31.4. The van der Waals surface area contributed by atoms with Crippen LogP contribution in [-0.2, 0) is 43.1 Å². The van der Waals surface area contributed by atoms with Crippen LogP contribution >= 0.6 is 7.37 Å². The lowest BCUT2D eigenvalue weighted by Gasteiger charge is -2.30. The van der Waals surface area contributed by atoms with Gasteiger partial charge in [0.2, 0.25) is 7.37 Å². The number of benzene rings is 2. The molecule has 0 aliphatic heterocycles. The molecule has 0 aliphatic carbocycles. The molecule has 2 aromatic carbocycles. The highest BCUT2D eigenvalue weighted by atomic mass is 31.2. The molecular formula is C32H51O4P. The summed E-state index contributed by atoms with van der Waals surface area (Å²) in [7, 11) is -3.15. The Labute approximate surface area is 226 Å². The number of hydrogen-bond acceptors (Lipinski definition) is 4. The van der Waals surface area contributed by atoms with Gasteiger partial charge in [-0.2, -0.15) is 0 Å². The molecule has 0 radical (unpaired) electrons. The predicted molar refractivity (Wildman–Crippen MR) is 158 cm³/mol. The standard InChI is InChI=1S/C32H51O4P/c1-14-36-37(35,19-21-15-23(29(2,3)4)27(33)24(16-21)30(5,6)7)20-22-17-25(31(8,9)10)28(34)26(18-22)32(11,12)13/h15-18,33-34H,14,19-20H2,1-13H3. The highest BCUT2D eigenvalue weighted by molar-refractivity contribution is 7.57. The van der Waals surface area contributed by atoms with Crippen molar-refractivity contribution < 1.29 is 19.3 Å². The van der Waals surface area contributed by atoms with E-state index in [0.717, 1.165) is 33.4 Å². The first-order valence-corrected chi connectivity index (χ1v) is 15.5. The van der Waals surface area contributed by atoms with Crippen molar-refractivity contribution in [3.8, 4) is 11.5 Å². The monoisotopic (exact) mass is 530 g/mol. The average Bonchev–Trinajstić information content (AvgIpc) is 2.67. The Hall–Kier alpha value is -1.77. The fraction of sp³-hybridized carbons (Fsp3) is 0.625. The molecule has 0 aliphatic rings. The second-order valence-electron chi connectivity index (χ2n) is 14.6. The zero-order valence-electron chi connectivity index (χ0n) is 25.6. The van der Waals surface area contributed by atoms with Crippen LogP contribution in [0.25, 0.3) is 0 Å². The number of phenols is 2. The molecule has 37 heavy (non-hydrogen) atoms. The van der Waals surface area contributed by atoms with Gasteiger partial charge < -0.3 is 14.7 Å². The lowest BCUT2D eigenvalue weighted by Crippen LogP contribution is -2.18. The van der Waals surface area contributed by atoms with Crippen molar-refractivity contribution in [1.29, 1.82) is 0 Å². The van der Waals surface area contributed by atoms with Crippen molar-refractivity contribution >= 4 is 7.37 Å². The van der Waals surface area contributed by atoms with Gasteiger partial charge in [-0.05, 0) is 62.0 Å². The van der Waals surface area contributed by atoms with E-state index in [1.54, 1.807) is 0 Å². The van der Waals surface area contributed by atoms with Crippen LogP contribution in [0.4, 0.5) is 0 Å². The molecule has 0 saturated heterocycles. The summed E-state index contributed by atoms with van der Waals surface area (Å²) in [4.78, 5) is 0. The van der Waals surface area contributed by atoms with Crippen molar-refractivity contribution in [2.45, 2.75) is 124 Å². The smallest absolute Gasteiger partial charge is 0.211 e.